The molecule has 3 aliphatic rings. The monoisotopic (exact) mass is 1150 g/mol. The van der Waals surface area contributed by atoms with Gasteiger partial charge in [-0.3, -0.25) is 0 Å². The molecule has 3 nitrogen and oxygen atoms in total. The van der Waals surface area contributed by atoms with Crippen LogP contribution in [-0.4, -0.2) is 0 Å². The van der Waals surface area contributed by atoms with Gasteiger partial charge < -0.3 is 14.5 Å². The van der Waals surface area contributed by atoms with Crippen molar-refractivity contribution in [2.45, 2.75) is 16.2 Å². The van der Waals surface area contributed by atoms with Crippen LogP contribution in [0, 0.1) is 12.1 Å². The first kappa shape index (κ1) is 52.6. The maximum absolute atomic E-state index is 7.21. The molecule has 0 aromatic heterocycles. The molecular weight excluding hydrogens is 1090 g/mol. The van der Waals surface area contributed by atoms with Gasteiger partial charge in [0.2, 0.25) is 0 Å². The summed E-state index contributed by atoms with van der Waals surface area (Å²) in [5, 5.41) is 0. The number of hydrogen-bond donors (Lipinski definition) is 0. The topological polar surface area (TPSA) is 15.7 Å². The zero-order valence-electron chi connectivity index (χ0n) is 49.3. The number of nitrogens with zero attached hydrogens (tertiary/aromatic N) is 2. The Morgan fingerprint density at radius 1 is 0.233 bits per heavy atom. The molecule has 0 fully saturated rings. The second kappa shape index (κ2) is 21.3. The lowest BCUT2D eigenvalue weighted by Gasteiger charge is -2.42. The van der Waals surface area contributed by atoms with Gasteiger partial charge in [-0.2, -0.15) is 0 Å². The summed E-state index contributed by atoms with van der Waals surface area (Å²) >= 11 is 0. The smallest absolute Gasteiger partial charge is 0.134 e. The number of anilines is 6. The Balaban J connectivity index is 0.786. The summed E-state index contributed by atoms with van der Waals surface area (Å²) in [6.45, 7) is 0. The molecule has 2 unspecified atom stereocenters. The van der Waals surface area contributed by atoms with Gasteiger partial charge in [0, 0.05) is 56.9 Å². The Bertz CT molecular complexity index is 4860. The number of rotatable bonds is 12. The predicted octanol–water partition coefficient (Wildman–Crippen LogP) is 21.4. The highest BCUT2D eigenvalue weighted by Gasteiger charge is 2.49. The van der Waals surface area contributed by atoms with Crippen molar-refractivity contribution in [3.05, 3.63) is 431 Å². The van der Waals surface area contributed by atoms with Crippen LogP contribution in [0.1, 0.15) is 66.8 Å². The third-order valence-electron chi connectivity index (χ3n) is 19.2. The van der Waals surface area contributed by atoms with Gasteiger partial charge in [-0.1, -0.05) is 273 Å². The van der Waals surface area contributed by atoms with E-state index in [1.165, 1.54) is 55.6 Å². The lowest BCUT2D eigenvalue weighted by Crippen LogP contribution is -2.34. The standard InChI is InChI=1S/C87H58N2O/c1-6-26-61(27-7-1)85(77-40-20-16-36-73(77)74-37-17-21-41-78(74)85)64-46-52-69(53-47-64)88(67-32-12-4-13-33-67)70-54-50-66(51-55-70)87(63-30-10-3-11-31-63)81-44-24-25-45-83(81)90-84-60-72(58-59-82(84)87)89(68-34-14-5-15-35-68)71-56-48-65(49-57-71)86(62-28-8-2-9-29-62)79-42-22-18-38-75(79)76-39-19-23-43-80(76)86/h1-22,24-42,44-60H. The molecule has 2 aliphatic carbocycles. The van der Waals surface area contributed by atoms with Crippen molar-refractivity contribution in [3.8, 4) is 33.8 Å². The summed E-state index contributed by atoms with van der Waals surface area (Å²) in [5.41, 5.74) is 23.5. The fraction of sp³-hybridized carbons (Fsp3) is 0.0345. The predicted molar refractivity (Wildman–Crippen MR) is 366 cm³/mol. The molecule has 422 valence electrons. The van der Waals surface area contributed by atoms with Gasteiger partial charge in [-0.15, -0.1) is 0 Å². The molecule has 0 saturated heterocycles. The molecule has 14 aromatic carbocycles. The summed E-state index contributed by atoms with van der Waals surface area (Å²) in [5.74, 6) is 1.60. The van der Waals surface area contributed by atoms with E-state index in [1.807, 2.05) is 6.07 Å². The summed E-state index contributed by atoms with van der Waals surface area (Å²) < 4.78 is 7.21. The average Bonchev–Trinajstić information content (AvgIpc) is 1.81. The van der Waals surface area contributed by atoms with Crippen LogP contribution in [-0.2, 0) is 16.2 Å². The van der Waals surface area contributed by atoms with E-state index in [4.69, 9.17) is 4.74 Å². The summed E-state index contributed by atoms with van der Waals surface area (Å²) in [6, 6.07) is 135. The molecule has 1 heterocycles. The molecule has 2 atom stereocenters. The Kier molecular flexibility index (Phi) is 12.5. The summed E-state index contributed by atoms with van der Waals surface area (Å²) in [6.07, 6.45) is 0. The lowest BCUT2D eigenvalue weighted by atomic mass is 9.63. The van der Waals surface area contributed by atoms with E-state index in [1.54, 1.807) is 0 Å². The molecular formula is C87H58N2O. The molecule has 0 radical (unpaired) electrons. The second-order valence-electron chi connectivity index (χ2n) is 23.6. The number of para-hydroxylation sites is 3. The number of fused-ring (bicyclic) bond motifs is 8. The summed E-state index contributed by atoms with van der Waals surface area (Å²) in [4.78, 5) is 4.72. The van der Waals surface area contributed by atoms with E-state index in [9.17, 15) is 0 Å². The quantitative estimate of drug-likeness (QED) is 0.121. The van der Waals surface area contributed by atoms with Crippen LogP contribution >= 0.6 is 0 Å². The fourth-order valence-corrected chi connectivity index (χ4v) is 15.5. The molecule has 14 aromatic rings. The van der Waals surface area contributed by atoms with Crippen molar-refractivity contribution >= 4 is 34.1 Å². The molecule has 17 rings (SSSR count). The third-order valence-corrected chi connectivity index (χ3v) is 19.2. The van der Waals surface area contributed by atoms with Crippen LogP contribution < -0.4 is 14.5 Å². The van der Waals surface area contributed by atoms with Gasteiger partial charge in [0.25, 0.3) is 0 Å². The van der Waals surface area contributed by atoms with Crippen LogP contribution in [0.2, 0.25) is 0 Å². The number of hydrogen-bond acceptors (Lipinski definition) is 3. The fourth-order valence-electron chi connectivity index (χ4n) is 15.5. The van der Waals surface area contributed by atoms with Crippen molar-refractivity contribution in [2.75, 3.05) is 9.80 Å². The van der Waals surface area contributed by atoms with E-state index in [-0.39, 0.29) is 0 Å². The maximum atomic E-state index is 7.21. The van der Waals surface area contributed by atoms with Crippen molar-refractivity contribution in [3.63, 3.8) is 0 Å². The first-order valence-corrected chi connectivity index (χ1v) is 31.0. The van der Waals surface area contributed by atoms with E-state index >= 15 is 0 Å². The van der Waals surface area contributed by atoms with Gasteiger partial charge in [0.15, 0.2) is 0 Å². The third kappa shape index (κ3) is 7.88. The highest BCUT2D eigenvalue weighted by molar-refractivity contribution is 5.89. The van der Waals surface area contributed by atoms with Crippen molar-refractivity contribution in [2.24, 2.45) is 0 Å². The van der Waals surface area contributed by atoms with Gasteiger partial charge in [0.1, 0.15) is 11.5 Å². The minimum atomic E-state index is -0.769. The molecule has 3 heteroatoms. The maximum Gasteiger partial charge on any atom is 0.134 e. The molecule has 0 N–H and O–H groups in total. The van der Waals surface area contributed by atoms with Crippen LogP contribution in [0.15, 0.2) is 352 Å². The largest absolute Gasteiger partial charge is 0.457 e. The van der Waals surface area contributed by atoms with E-state index in [0.29, 0.717) is 0 Å². The molecule has 0 spiro atoms. The average molecular weight is 1150 g/mol. The van der Waals surface area contributed by atoms with Crippen LogP contribution in [0.25, 0.3) is 22.3 Å². The number of ether oxygens (including phenoxy) is 1. The molecule has 0 amide bonds. The van der Waals surface area contributed by atoms with Crippen molar-refractivity contribution in [1.29, 1.82) is 0 Å². The van der Waals surface area contributed by atoms with Crippen LogP contribution in [0.3, 0.4) is 0 Å². The SMILES string of the molecule is c1ccc2c(c#1)C(c1ccccc1)(c1ccc(N(c3ccccc3)c3ccc4c(c3)Oc3ccccc3C4(c3ccccc3)c3ccc(N(c4ccccc4)c4ccc(C5(c6ccccc6)c6ccccc6-c6ccccc65)cc4)cc3)cc1)c1ccccc1-2. The van der Waals surface area contributed by atoms with Crippen molar-refractivity contribution < 1.29 is 4.74 Å². The van der Waals surface area contributed by atoms with E-state index < -0.39 is 16.2 Å². The normalized spacial score (nSPS) is 14.9. The highest BCUT2D eigenvalue weighted by Crippen LogP contribution is 2.60. The number of benzene rings is 13. The van der Waals surface area contributed by atoms with E-state index in [0.717, 1.165) is 79.0 Å². The Morgan fingerprint density at radius 3 is 1.04 bits per heavy atom. The zero-order valence-corrected chi connectivity index (χ0v) is 49.3. The molecule has 90 heavy (non-hydrogen) atoms. The van der Waals surface area contributed by atoms with Crippen LogP contribution in [0.5, 0.6) is 11.5 Å². The minimum absolute atomic E-state index is 0.498. The van der Waals surface area contributed by atoms with Gasteiger partial charge in [-0.05, 0) is 157 Å². The van der Waals surface area contributed by atoms with Crippen molar-refractivity contribution in [1.82, 2.24) is 0 Å². The first-order valence-electron chi connectivity index (χ1n) is 31.0. The second-order valence-corrected chi connectivity index (χ2v) is 23.6. The van der Waals surface area contributed by atoms with Gasteiger partial charge in [0.05, 0.1) is 16.2 Å². The Morgan fingerprint density at radius 2 is 0.556 bits per heavy atom. The molecule has 0 saturated carbocycles. The Labute approximate surface area is 526 Å². The van der Waals surface area contributed by atoms with E-state index in [2.05, 4.69) is 368 Å². The lowest BCUT2D eigenvalue weighted by molar-refractivity contribution is 0.434. The minimum Gasteiger partial charge on any atom is -0.457 e. The highest BCUT2D eigenvalue weighted by atomic mass is 16.5. The summed E-state index contributed by atoms with van der Waals surface area (Å²) in [7, 11) is 0. The molecule has 1 aliphatic heterocycles. The molecule has 0 bridgehead atoms. The first-order chi connectivity index (χ1) is 44.6. The van der Waals surface area contributed by atoms with Gasteiger partial charge in [-0.25, -0.2) is 0 Å². The van der Waals surface area contributed by atoms with Crippen LogP contribution in [0.4, 0.5) is 34.1 Å². The zero-order chi connectivity index (χ0) is 59.6. The van der Waals surface area contributed by atoms with Gasteiger partial charge >= 0.3 is 0 Å². The Hall–Kier alpha value is -11.7.